The molecule has 15 heavy (non-hydrogen) atoms. The van der Waals surface area contributed by atoms with E-state index in [9.17, 15) is 5.11 Å². The summed E-state index contributed by atoms with van der Waals surface area (Å²) in [7, 11) is 0. The summed E-state index contributed by atoms with van der Waals surface area (Å²) >= 11 is 1.37. The van der Waals surface area contributed by atoms with Gasteiger partial charge in [0.05, 0.1) is 10.6 Å². The molecule has 0 radical (unpaired) electrons. The lowest BCUT2D eigenvalue weighted by Gasteiger charge is -2.10. The molecule has 1 aromatic heterocycles. The minimum Gasteiger partial charge on any atom is -0.384 e. The third-order valence-corrected chi connectivity index (χ3v) is 4.07. The fourth-order valence-electron chi connectivity index (χ4n) is 2.16. The van der Waals surface area contributed by atoms with E-state index < -0.39 is 5.60 Å². The van der Waals surface area contributed by atoms with Gasteiger partial charge in [-0.2, -0.15) is 0 Å². The van der Waals surface area contributed by atoms with Crippen molar-refractivity contribution in [1.29, 1.82) is 0 Å². The fraction of sp³-hybridized carbons (Fsp3) is 0.818. The van der Waals surface area contributed by atoms with Gasteiger partial charge in [0.1, 0.15) is 5.60 Å². The maximum Gasteiger partial charge on any atom is 0.106 e. The zero-order valence-electron chi connectivity index (χ0n) is 9.53. The van der Waals surface area contributed by atoms with E-state index >= 15 is 0 Å². The van der Waals surface area contributed by atoms with Crippen LogP contribution in [0.2, 0.25) is 0 Å². The Morgan fingerprint density at radius 2 is 2.33 bits per heavy atom. The molecule has 1 fully saturated rings. The highest BCUT2D eigenvalue weighted by Gasteiger charge is 2.56. The molecule has 0 bridgehead atoms. The molecule has 0 saturated heterocycles. The van der Waals surface area contributed by atoms with Crippen molar-refractivity contribution in [2.75, 3.05) is 0 Å². The SMILES string of the molecule is CCCC1CC1(O)c1snnc1C(C)C. The molecule has 84 valence electrons. The highest BCUT2D eigenvalue weighted by Crippen LogP contribution is 2.56. The van der Waals surface area contributed by atoms with Crippen LogP contribution >= 0.6 is 11.5 Å². The highest BCUT2D eigenvalue weighted by atomic mass is 32.1. The molecule has 1 N–H and O–H groups in total. The molecule has 2 atom stereocenters. The molecule has 4 heteroatoms. The average molecular weight is 226 g/mol. The first-order valence-electron chi connectivity index (χ1n) is 5.64. The summed E-state index contributed by atoms with van der Waals surface area (Å²) in [5.41, 5.74) is 0.394. The van der Waals surface area contributed by atoms with Gasteiger partial charge >= 0.3 is 0 Å². The predicted octanol–water partition coefficient (Wildman–Crippen LogP) is 2.67. The summed E-state index contributed by atoms with van der Waals surface area (Å²) in [5.74, 6) is 0.785. The van der Waals surface area contributed by atoms with Crippen LogP contribution in [0.15, 0.2) is 0 Å². The number of hydrogen-bond donors (Lipinski definition) is 1. The van der Waals surface area contributed by atoms with Crippen LogP contribution in [0.1, 0.15) is 56.5 Å². The lowest BCUT2D eigenvalue weighted by Crippen LogP contribution is -2.10. The maximum atomic E-state index is 10.4. The third-order valence-electron chi connectivity index (χ3n) is 3.16. The molecule has 0 aromatic carbocycles. The van der Waals surface area contributed by atoms with Gasteiger partial charge in [0.2, 0.25) is 0 Å². The van der Waals surface area contributed by atoms with E-state index in [0.717, 1.165) is 29.8 Å². The van der Waals surface area contributed by atoms with Gasteiger partial charge in [-0.05, 0) is 36.2 Å². The van der Waals surface area contributed by atoms with E-state index in [1.54, 1.807) is 0 Å². The first-order chi connectivity index (χ1) is 7.09. The average Bonchev–Trinajstić information content (AvgIpc) is 2.68. The maximum absolute atomic E-state index is 10.4. The van der Waals surface area contributed by atoms with Gasteiger partial charge in [0, 0.05) is 0 Å². The Hall–Kier alpha value is -0.480. The van der Waals surface area contributed by atoms with Gasteiger partial charge in [-0.3, -0.25) is 0 Å². The highest BCUT2D eigenvalue weighted by molar-refractivity contribution is 7.05. The molecular weight excluding hydrogens is 208 g/mol. The monoisotopic (exact) mass is 226 g/mol. The normalized spacial score (nSPS) is 29.8. The number of hydrogen-bond acceptors (Lipinski definition) is 4. The van der Waals surface area contributed by atoms with Crippen molar-refractivity contribution >= 4 is 11.5 Å². The molecule has 0 aliphatic heterocycles. The van der Waals surface area contributed by atoms with E-state index in [-0.39, 0.29) is 0 Å². The Morgan fingerprint density at radius 1 is 1.60 bits per heavy atom. The van der Waals surface area contributed by atoms with Crippen molar-refractivity contribution in [3.63, 3.8) is 0 Å². The molecule has 0 spiro atoms. The van der Waals surface area contributed by atoms with Gasteiger partial charge in [0.15, 0.2) is 0 Å². The number of nitrogens with zero attached hydrogens (tertiary/aromatic N) is 2. The van der Waals surface area contributed by atoms with Crippen molar-refractivity contribution < 1.29 is 5.11 Å². The van der Waals surface area contributed by atoms with E-state index in [2.05, 4.69) is 30.4 Å². The Labute approximate surface area is 94.7 Å². The molecule has 1 aliphatic carbocycles. The topological polar surface area (TPSA) is 46.0 Å². The van der Waals surface area contributed by atoms with E-state index in [0.29, 0.717) is 11.8 Å². The zero-order valence-corrected chi connectivity index (χ0v) is 10.3. The summed E-state index contributed by atoms with van der Waals surface area (Å²) in [6.45, 7) is 6.36. The van der Waals surface area contributed by atoms with Crippen molar-refractivity contribution in [3.8, 4) is 0 Å². The van der Waals surface area contributed by atoms with Crippen LogP contribution in [-0.2, 0) is 5.60 Å². The second-order valence-electron chi connectivity index (χ2n) is 4.76. The van der Waals surface area contributed by atoms with Crippen molar-refractivity contribution in [2.24, 2.45) is 5.92 Å². The van der Waals surface area contributed by atoms with E-state index in [1.807, 2.05) is 0 Å². The van der Waals surface area contributed by atoms with Gasteiger partial charge < -0.3 is 5.11 Å². The first-order valence-corrected chi connectivity index (χ1v) is 6.42. The Morgan fingerprint density at radius 3 is 2.93 bits per heavy atom. The van der Waals surface area contributed by atoms with Gasteiger partial charge in [-0.1, -0.05) is 31.7 Å². The van der Waals surface area contributed by atoms with Gasteiger partial charge in [-0.25, -0.2) is 0 Å². The second kappa shape index (κ2) is 3.83. The van der Waals surface area contributed by atoms with Crippen molar-refractivity contribution in [2.45, 2.75) is 51.6 Å². The van der Waals surface area contributed by atoms with Gasteiger partial charge in [-0.15, -0.1) is 5.10 Å². The molecule has 3 nitrogen and oxygen atoms in total. The molecule has 2 unspecified atom stereocenters. The fourth-order valence-corrected chi connectivity index (χ4v) is 3.15. The molecule has 1 heterocycles. The summed E-state index contributed by atoms with van der Waals surface area (Å²) in [6.07, 6.45) is 3.13. The van der Waals surface area contributed by atoms with Gasteiger partial charge in [0.25, 0.3) is 0 Å². The van der Waals surface area contributed by atoms with Crippen LogP contribution in [-0.4, -0.2) is 14.7 Å². The first kappa shape index (κ1) is 11.0. The molecular formula is C11H18N2OS. The molecule has 0 amide bonds. The third kappa shape index (κ3) is 1.81. The Kier molecular flexibility index (Phi) is 2.81. The Balaban J connectivity index is 2.20. The van der Waals surface area contributed by atoms with E-state index in [4.69, 9.17) is 0 Å². The minimum absolute atomic E-state index is 0.352. The van der Waals surface area contributed by atoms with Crippen LogP contribution in [0.5, 0.6) is 0 Å². The van der Waals surface area contributed by atoms with Crippen LogP contribution in [0.25, 0.3) is 0 Å². The summed E-state index contributed by atoms with van der Waals surface area (Å²) in [5, 5.41) is 14.6. The van der Waals surface area contributed by atoms with Crippen molar-refractivity contribution in [1.82, 2.24) is 9.59 Å². The second-order valence-corrected chi connectivity index (χ2v) is 5.51. The summed E-state index contributed by atoms with van der Waals surface area (Å²) < 4.78 is 3.98. The predicted molar refractivity (Wildman–Crippen MR) is 60.9 cm³/mol. The van der Waals surface area contributed by atoms with Crippen LogP contribution in [0, 0.1) is 5.92 Å². The lowest BCUT2D eigenvalue weighted by atomic mass is 10.0. The van der Waals surface area contributed by atoms with Crippen LogP contribution in [0.3, 0.4) is 0 Å². The van der Waals surface area contributed by atoms with Crippen LogP contribution < -0.4 is 0 Å². The molecule has 2 rings (SSSR count). The van der Waals surface area contributed by atoms with Crippen LogP contribution in [0.4, 0.5) is 0 Å². The zero-order chi connectivity index (χ0) is 11.1. The quantitative estimate of drug-likeness (QED) is 0.858. The minimum atomic E-state index is -0.593. The number of rotatable bonds is 4. The standard InChI is InChI=1S/C11H18N2OS/c1-4-5-8-6-11(8,14)10-9(7(2)3)12-13-15-10/h7-8,14H,4-6H2,1-3H3. The van der Waals surface area contributed by atoms with Crippen molar-refractivity contribution in [3.05, 3.63) is 10.6 Å². The molecule has 1 aliphatic rings. The summed E-state index contributed by atoms with van der Waals surface area (Å²) in [6, 6.07) is 0. The number of aliphatic hydroxyl groups is 1. The van der Waals surface area contributed by atoms with E-state index in [1.165, 1.54) is 11.5 Å². The lowest BCUT2D eigenvalue weighted by molar-refractivity contribution is 0.131. The summed E-state index contributed by atoms with van der Waals surface area (Å²) in [4.78, 5) is 1.01. The number of aromatic nitrogens is 2. The smallest absolute Gasteiger partial charge is 0.106 e. The Bertz CT molecular complexity index is 350. The molecule has 1 aromatic rings. The molecule has 1 saturated carbocycles. The largest absolute Gasteiger partial charge is 0.384 e.